The van der Waals surface area contributed by atoms with E-state index in [-0.39, 0.29) is 5.91 Å². The standard InChI is InChI=1S/C23H25N2OS.C7H8O3S/c1-3-24-21-14-13-18-9-7-8-12-20(18)23(21)27-22(24)15-16-25(17(2)26)19-10-5-4-6-11-19;8-11(9,10)6-7-4-2-1-3-5-7/h4-6,10-11,13-16H,3,7-9,12H2,1-2H3;1-5H,6H2,(H,8,9,10)/q+1;/p-1. The van der Waals surface area contributed by atoms with Gasteiger partial charge in [0.1, 0.15) is 11.2 Å². The number of hydrogen-bond acceptors (Lipinski definition) is 5. The number of rotatable bonds is 6. The zero-order chi connectivity index (χ0) is 27.1. The van der Waals surface area contributed by atoms with Crippen molar-refractivity contribution in [2.75, 3.05) is 4.90 Å². The summed E-state index contributed by atoms with van der Waals surface area (Å²) in [7, 11) is -4.13. The maximum absolute atomic E-state index is 12.2. The maximum atomic E-state index is 12.2. The van der Waals surface area contributed by atoms with Crippen LogP contribution in [0.2, 0.25) is 0 Å². The van der Waals surface area contributed by atoms with Crippen LogP contribution in [0.1, 0.15) is 48.4 Å². The molecule has 4 aromatic rings. The number of hydrogen-bond donors (Lipinski definition) is 0. The maximum Gasteiger partial charge on any atom is 0.264 e. The molecule has 1 aromatic heterocycles. The second-order valence-corrected chi connectivity index (χ2v) is 11.6. The van der Waals surface area contributed by atoms with E-state index in [1.165, 1.54) is 52.0 Å². The Balaban J connectivity index is 0.000000257. The molecule has 1 aliphatic rings. The van der Waals surface area contributed by atoms with Gasteiger partial charge in [-0.3, -0.25) is 9.69 Å². The van der Waals surface area contributed by atoms with Crippen LogP contribution in [0, 0.1) is 0 Å². The summed E-state index contributed by atoms with van der Waals surface area (Å²) >= 11 is 1.85. The van der Waals surface area contributed by atoms with Gasteiger partial charge in [-0.2, -0.15) is 4.57 Å². The average Bonchev–Trinajstić information content (AvgIpc) is 3.27. The van der Waals surface area contributed by atoms with Gasteiger partial charge in [-0.05, 0) is 61.4 Å². The van der Waals surface area contributed by atoms with E-state index in [0.29, 0.717) is 5.56 Å². The number of nitrogens with zero attached hydrogens (tertiary/aromatic N) is 2. The van der Waals surface area contributed by atoms with Gasteiger partial charge in [0.2, 0.25) is 11.4 Å². The SMILES string of the molecule is CC[n+]1c(/C=C/N(C(C)=O)c2ccccc2)sc2c3c(ccc21)CCCC3.O=S(=O)([O-])Cc1ccccc1. The predicted molar refractivity (Wildman–Crippen MR) is 153 cm³/mol. The summed E-state index contributed by atoms with van der Waals surface area (Å²) in [6, 6.07) is 22.8. The van der Waals surface area contributed by atoms with Gasteiger partial charge in [-0.25, -0.2) is 8.42 Å². The van der Waals surface area contributed by atoms with Gasteiger partial charge >= 0.3 is 0 Å². The van der Waals surface area contributed by atoms with Crippen molar-refractivity contribution in [1.29, 1.82) is 0 Å². The first-order valence-corrected chi connectivity index (χ1v) is 15.1. The van der Waals surface area contributed by atoms with E-state index in [1.54, 1.807) is 42.2 Å². The molecule has 0 aliphatic heterocycles. The Hall–Kier alpha value is -3.33. The lowest BCUT2D eigenvalue weighted by Gasteiger charge is -2.15. The molecule has 0 spiro atoms. The highest BCUT2D eigenvalue weighted by Crippen LogP contribution is 2.32. The van der Waals surface area contributed by atoms with E-state index in [1.807, 2.05) is 47.9 Å². The Morgan fingerprint density at radius 1 is 1.00 bits per heavy atom. The van der Waals surface area contributed by atoms with Crippen molar-refractivity contribution in [3.63, 3.8) is 0 Å². The first-order chi connectivity index (χ1) is 18.3. The number of aryl methyl sites for hydroxylation is 3. The van der Waals surface area contributed by atoms with Gasteiger partial charge < -0.3 is 4.55 Å². The number of benzene rings is 3. The summed E-state index contributed by atoms with van der Waals surface area (Å²) in [5.74, 6) is -0.410. The lowest BCUT2D eigenvalue weighted by molar-refractivity contribution is -0.665. The molecular weight excluding hydrogens is 516 g/mol. The smallest absolute Gasteiger partial charge is 0.264 e. The highest BCUT2D eigenvalue weighted by molar-refractivity contribution is 7.84. The van der Waals surface area contributed by atoms with Crippen molar-refractivity contribution in [3.8, 4) is 0 Å². The molecule has 1 amide bonds. The monoisotopic (exact) mass is 548 g/mol. The van der Waals surface area contributed by atoms with Gasteiger partial charge in [0.15, 0.2) is 0 Å². The van der Waals surface area contributed by atoms with Crippen molar-refractivity contribution in [3.05, 3.63) is 101 Å². The number of aromatic nitrogens is 1. The molecule has 1 aliphatic carbocycles. The fraction of sp³-hybridized carbons (Fsp3) is 0.267. The fourth-order valence-electron chi connectivity index (χ4n) is 4.71. The molecule has 38 heavy (non-hydrogen) atoms. The Morgan fingerprint density at radius 3 is 2.29 bits per heavy atom. The van der Waals surface area contributed by atoms with Crippen LogP contribution in [-0.2, 0) is 40.1 Å². The van der Waals surface area contributed by atoms with Crippen molar-refractivity contribution in [2.24, 2.45) is 0 Å². The zero-order valence-electron chi connectivity index (χ0n) is 21.7. The molecule has 6 nitrogen and oxygen atoms in total. The van der Waals surface area contributed by atoms with Crippen LogP contribution in [0.5, 0.6) is 0 Å². The Labute approximate surface area is 228 Å². The highest BCUT2D eigenvalue weighted by Gasteiger charge is 2.23. The first kappa shape index (κ1) is 27.7. The summed E-state index contributed by atoms with van der Waals surface area (Å²) < 4.78 is 34.5. The molecule has 1 heterocycles. The molecule has 0 bridgehead atoms. The topological polar surface area (TPSA) is 81.4 Å². The van der Waals surface area contributed by atoms with Crippen LogP contribution in [0.15, 0.2) is 79.0 Å². The Morgan fingerprint density at radius 2 is 1.66 bits per heavy atom. The Bertz CT molecular complexity index is 1530. The van der Waals surface area contributed by atoms with E-state index in [0.717, 1.165) is 12.2 Å². The molecule has 0 saturated carbocycles. The molecule has 0 radical (unpaired) electrons. The third kappa shape index (κ3) is 6.95. The molecule has 198 valence electrons. The van der Waals surface area contributed by atoms with Gasteiger partial charge in [0.05, 0.1) is 15.9 Å². The lowest BCUT2D eigenvalue weighted by atomic mass is 9.91. The van der Waals surface area contributed by atoms with Crippen LogP contribution < -0.4 is 9.47 Å². The van der Waals surface area contributed by atoms with Crippen LogP contribution >= 0.6 is 11.3 Å². The third-order valence-electron chi connectivity index (χ3n) is 6.47. The molecule has 3 aromatic carbocycles. The molecule has 0 saturated heterocycles. The normalized spacial score (nSPS) is 13.1. The molecule has 5 rings (SSSR count). The van der Waals surface area contributed by atoms with Crippen LogP contribution in [-0.4, -0.2) is 18.9 Å². The van der Waals surface area contributed by atoms with Crippen LogP contribution in [0.4, 0.5) is 5.69 Å². The van der Waals surface area contributed by atoms with Gasteiger partial charge in [0, 0.05) is 31.0 Å². The molecule has 0 unspecified atom stereocenters. The molecule has 0 atom stereocenters. The second-order valence-electron chi connectivity index (χ2n) is 9.17. The Kier molecular flexibility index (Phi) is 9.09. The number of anilines is 1. The summed E-state index contributed by atoms with van der Waals surface area (Å²) in [6.07, 6.45) is 8.96. The number of carbonyl (C=O) groups is 1. The summed E-state index contributed by atoms with van der Waals surface area (Å²) in [6.45, 7) is 4.71. The van der Waals surface area contributed by atoms with Gasteiger partial charge in [-0.1, -0.05) is 65.9 Å². The molecule has 8 heteroatoms. The molecular formula is C30H32N2O4S2. The number of amides is 1. The van der Waals surface area contributed by atoms with Gasteiger partial charge in [0.25, 0.3) is 5.01 Å². The predicted octanol–water partition coefficient (Wildman–Crippen LogP) is 5.84. The van der Waals surface area contributed by atoms with E-state index in [2.05, 4.69) is 29.7 Å². The summed E-state index contributed by atoms with van der Waals surface area (Å²) in [5, 5.41) is 1.19. The van der Waals surface area contributed by atoms with Crippen molar-refractivity contribution < 1.29 is 22.3 Å². The number of thiazole rings is 1. The zero-order valence-corrected chi connectivity index (χ0v) is 23.3. The number of fused-ring (bicyclic) bond motifs is 3. The van der Waals surface area contributed by atoms with Crippen molar-refractivity contribution in [1.82, 2.24) is 0 Å². The highest BCUT2D eigenvalue weighted by atomic mass is 32.2. The lowest BCUT2D eigenvalue weighted by Crippen LogP contribution is -2.33. The minimum Gasteiger partial charge on any atom is -0.748 e. The third-order valence-corrected chi connectivity index (χ3v) is 8.38. The van der Waals surface area contributed by atoms with E-state index in [4.69, 9.17) is 0 Å². The van der Waals surface area contributed by atoms with E-state index < -0.39 is 15.9 Å². The minimum absolute atomic E-state index is 0.0130. The number of carbonyl (C=O) groups excluding carboxylic acids is 1. The largest absolute Gasteiger partial charge is 0.748 e. The minimum atomic E-state index is -4.13. The summed E-state index contributed by atoms with van der Waals surface area (Å²) in [4.78, 5) is 13.9. The van der Waals surface area contributed by atoms with E-state index in [9.17, 15) is 17.8 Å². The van der Waals surface area contributed by atoms with Crippen molar-refractivity contribution in [2.45, 2.75) is 51.8 Å². The van der Waals surface area contributed by atoms with E-state index >= 15 is 0 Å². The number of para-hydroxylation sites is 1. The fourth-order valence-corrected chi connectivity index (χ4v) is 6.63. The van der Waals surface area contributed by atoms with Gasteiger partial charge in [-0.15, -0.1) is 0 Å². The average molecular weight is 549 g/mol. The van der Waals surface area contributed by atoms with Crippen LogP contribution in [0.25, 0.3) is 16.3 Å². The van der Waals surface area contributed by atoms with Crippen molar-refractivity contribution >= 4 is 49.3 Å². The second kappa shape index (κ2) is 12.5. The first-order valence-electron chi connectivity index (χ1n) is 12.7. The van der Waals surface area contributed by atoms with Crippen LogP contribution in [0.3, 0.4) is 0 Å². The quantitative estimate of drug-likeness (QED) is 0.224. The molecule has 0 N–H and O–H groups in total. The summed E-state index contributed by atoms with van der Waals surface area (Å²) in [5.41, 5.74) is 5.79. The molecule has 0 fully saturated rings.